The van der Waals surface area contributed by atoms with E-state index in [0.717, 1.165) is 0 Å². The van der Waals surface area contributed by atoms with Gasteiger partial charge in [-0.05, 0) is 18.2 Å². The molecule has 0 aliphatic carbocycles. The van der Waals surface area contributed by atoms with Crippen molar-refractivity contribution in [1.29, 1.82) is 5.41 Å². The summed E-state index contributed by atoms with van der Waals surface area (Å²) in [5, 5.41) is 23.1. The van der Waals surface area contributed by atoms with E-state index >= 15 is 0 Å². The smallest absolute Gasteiger partial charge is 0.158 e. The normalized spacial score (nSPS) is 10.8. The van der Waals surface area contributed by atoms with Gasteiger partial charge in [-0.3, -0.25) is 0 Å². The minimum absolute atomic E-state index is 0.0319. The zero-order valence-electron chi connectivity index (χ0n) is 10.4. The molecule has 2 heterocycles. The first-order valence-corrected chi connectivity index (χ1v) is 5.97. The fourth-order valence-electron chi connectivity index (χ4n) is 2.08. The van der Waals surface area contributed by atoms with Crippen LogP contribution in [0.25, 0.3) is 11.0 Å². The average molecular weight is 269 g/mol. The Balaban J connectivity index is 2.13. The summed E-state index contributed by atoms with van der Waals surface area (Å²) in [5.41, 5.74) is 0.947. The Morgan fingerprint density at radius 3 is 2.80 bits per heavy atom. The molecular formula is C14H10FN4O-. The first kappa shape index (κ1) is 12.3. The van der Waals surface area contributed by atoms with Gasteiger partial charge in [0.05, 0.1) is 6.54 Å². The molecule has 0 unspecified atom stereocenters. The summed E-state index contributed by atoms with van der Waals surface area (Å²) in [5.74, 6) is -1.22. The van der Waals surface area contributed by atoms with Gasteiger partial charge in [0, 0.05) is 23.0 Å². The minimum Gasteiger partial charge on any atom is -0.858 e. The summed E-state index contributed by atoms with van der Waals surface area (Å²) in [4.78, 5) is 4.15. The largest absolute Gasteiger partial charge is 0.858 e. The second-order valence-corrected chi connectivity index (χ2v) is 4.30. The molecule has 0 aliphatic rings. The van der Waals surface area contributed by atoms with Gasteiger partial charge in [-0.1, -0.05) is 18.2 Å². The number of aromatic nitrogens is 3. The SMILES string of the molecule is N=C([O-])c1nn(Cc2ccccc2F)c2ncccc12. The van der Waals surface area contributed by atoms with E-state index in [1.807, 2.05) is 0 Å². The van der Waals surface area contributed by atoms with Gasteiger partial charge in [-0.25, -0.2) is 14.1 Å². The van der Waals surface area contributed by atoms with Gasteiger partial charge < -0.3 is 10.5 Å². The van der Waals surface area contributed by atoms with Crippen LogP contribution in [0, 0.1) is 11.2 Å². The van der Waals surface area contributed by atoms with Crippen LogP contribution in [0.15, 0.2) is 42.6 Å². The van der Waals surface area contributed by atoms with Crippen LogP contribution in [0.2, 0.25) is 0 Å². The topological polar surface area (TPSA) is 77.6 Å². The summed E-state index contributed by atoms with van der Waals surface area (Å²) >= 11 is 0. The van der Waals surface area contributed by atoms with Gasteiger partial charge in [0.2, 0.25) is 0 Å². The standard InChI is InChI=1S/C14H11FN4O/c15-11-6-2-1-4-9(11)8-19-14-10(5-3-7-17-14)12(18-19)13(16)20/h1-7H,8H2,(H2,16,20)/p-1. The molecule has 1 aromatic carbocycles. The number of hydrogen-bond acceptors (Lipinski definition) is 4. The van der Waals surface area contributed by atoms with Crippen molar-refractivity contribution in [3.8, 4) is 0 Å². The number of benzene rings is 1. The van der Waals surface area contributed by atoms with Crippen LogP contribution in [-0.4, -0.2) is 20.7 Å². The predicted molar refractivity (Wildman–Crippen MR) is 69.9 cm³/mol. The Kier molecular flexibility index (Phi) is 2.90. The van der Waals surface area contributed by atoms with Crippen LogP contribution in [0.1, 0.15) is 11.3 Å². The molecule has 0 saturated heterocycles. The lowest BCUT2D eigenvalue weighted by molar-refractivity contribution is -0.214. The van der Waals surface area contributed by atoms with Gasteiger partial charge in [-0.2, -0.15) is 5.10 Å². The van der Waals surface area contributed by atoms with E-state index in [2.05, 4.69) is 10.1 Å². The molecule has 0 amide bonds. The van der Waals surface area contributed by atoms with Gasteiger partial charge in [-0.15, -0.1) is 0 Å². The second-order valence-electron chi connectivity index (χ2n) is 4.30. The number of halogens is 1. The van der Waals surface area contributed by atoms with Crippen LogP contribution in [-0.2, 0) is 6.54 Å². The van der Waals surface area contributed by atoms with E-state index in [4.69, 9.17) is 5.41 Å². The van der Waals surface area contributed by atoms with E-state index in [9.17, 15) is 9.50 Å². The molecule has 0 aliphatic heterocycles. The Morgan fingerprint density at radius 2 is 2.05 bits per heavy atom. The van der Waals surface area contributed by atoms with E-state index in [1.54, 1.807) is 36.5 Å². The van der Waals surface area contributed by atoms with Crippen molar-refractivity contribution in [2.24, 2.45) is 0 Å². The minimum atomic E-state index is -0.879. The van der Waals surface area contributed by atoms with Gasteiger partial charge >= 0.3 is 0 Å². The van der Waals surface area contributed by atoms with Crippen molar-refractivity contribution in [3.63, 3.8) is 0 Å². The summed E-state index contributed by atoms with van der Waals surface area (Å²) in [7, 11) is 0. The first-order chi connectivity index (χ1) is 9.66. The summed E-state index contributed by atoms with van der Waals surface area (Å²) < 4.78 is 15.1. The molecule has 0 atom stereocenters. The van der Waals surface area contributed by atoms with Crippen molar-refractivity contribution in [1.82, 2.24) is 14.8 Å². The highest BCUT2D eigenvalue weighted by atomic mass is 19.1. The van der Waals surface area contributed by atoms with E-state index in [0.29, 0.717) is 16.6 Å². The second kappa shape index (κ2) is 4.73. The molecule has 6 heteroatoms. The molecule has 3 rings (SSSR count). The lowest BCUT2D eigenvalue weighted by Gasteiger charge is -2.04. The van der Waals surface area contributed by atoms with Crippen LogP contribution in [0.4, 0.5) is 4.39 Å². The lowest BCUT2D eigenvalue weighted by atomic mass is 10.2. The molecule has 20 heavy (non-hydrogen) atoms. The maximum Gasteiger partial charge on any atom is 0.158 e. The van der Waals surface area contributed by atoms with Crippen LogP contribution in [0.5, 0.6) is 0 Å². The Morgan fingerprint density at radius 1 is 1.25 bits per heavy atom. The zero-order valence-corrected chi connectivity index (χ0v) is 10.4. The molecule has 100 valence electrons. The van der Waals surface area contributed by atoms with E-state index in [1.165, 1.54) is 10.7 Å². The van der Waals surface area contributed by atoms with Crippen molar-refractivity contribution in [2.75, 3.05) is 0 Å². The quantitative estimate of drug-likeness (QED) is 0.575. The monoisotopic (exact) mass is 269 g/mol. The molecule has 0 bridgehead atoms. The first-order valence-electron chi connectivity index (χ1n) is 5.97. The highest BCUT2D eigenvalue weighted by molar-refractivity contribution is 6.00. The fourth-order valence-corrected chi connectivity index (χ4v) is 2.08. The summed E-state index contributed by atoms with van der Waals surface area (Å²) in [6, 6.07) is 9.70. The van der Waals surface area contributed by atoms with E-state index in [-0.39, 0.29) is 18.1 Å². The highest BCUT2D eigenvalue weighted by Crippen LogP contribution is 2.17. The van der Waals surface area contributed by atoms with Crippen molar-refractivity contribution >= 4 is 16.9 Å². The van der Waals surface area contributed by atoms with Crippen LogP contribution >= 0.6 is 0 Å². The molecule has 0 fully saturated rings. The Labute approximate surface area is 113 Å². The Hall–Kier alpha value is -2.76. The van der Waals surface area contributed by atoms with Gasteiger partial charge in [0.15, 0.2) is 5.65 Å². The van der Waals surface area contributed by atoms with Crippen LogP contribution < -0.4 is 5.11 Å². The van der Waals surface area contributed by atoms with Crippen molar-refractivity contribution < 1.29 is 9.50 Å². The fraction of sp³-hybridized carbons (Fsp3) is 0.0714. The van der Waals surface area contributed by atoms with Gasteiger partial charge in [0.25, 0.3) is 0 Å². The molecule has 2 aromatic heterocycles. The molecule has 3 aromatic rings. The van der Waals surface area contributed by atoms with Crippen molar-refractivity contribution in [3.05, 3.63) is 59.7 Å². The maximum absolute atomic E-state index is 13.7. The molecule has 0 spiro atoms. The van der Waals surface area contributed by atoms with Crippen molar-refractivity contribution in [2.45, 2.75) is 6.54 Å². The highest BCUT2D eigenvalue weighted by Gasteiger charge is 2.12. The maximum atomic E-state index is 13.7. The number of nitrogens with one attached hydrogen (secondary N) is 1. The molecular weight excluding hydrogens is 259 g/mol. The third kappa shape index (κ3) is 2.01. The zero-order chi connectivity index (χ0) is 14.1. The Bertz CT molecular complexity index is 797. The summed E-state index contributed by atoms with van der Waals surface area (Å²) in [6.07, 6.45) is 1.57. The number of pyridine rings is 1. The van der Waals surface area contributed by atoms with E-state index < -0.39 is 5.90 Å². The average Bonchev–Trinajstić information content (AvgIpc) is 2.81. The third-order valence-electron chi connectivity index (χ3n) is 3.00. The number of fused-ring (bicyclic) bond motifs is 1. The molecule has 0 radical (unpaired) electrons. The van der Waals surface area contributed by atoms with Gasteiger partial charge in [0.1, 0.15) is 11.5 Å². The predicted octanol–water partition coefficient (Wildman–Crippen LogP) is 1.30. The number of hydrogen-bond donors (Lipinski definition) is 1. The van der Waals surface area contributed by atoms with Crippen LogP contribution in [0.3, 0.4) is 0 Å². The molecule has 5 nitrogen and oxygen atoms in total. The molecule has 0 saturated carbocycles. The molecule has 1 N–H and O–H groups in total. The lowest BCUT2D eigenvalue weighted by Crippen LogP contribution is -2.18. The third-order valence-corrected chi connectivity index (χ3v) is 3.00. The number of rotatable bonds is 3. The summed E-state index contributed by atoms with van der Waals surface area (Å²) in [6.45, 7) is 0.160. The number of nitrogens with zero attached hydrogens (tertiary/aromatic N) is 3.